The summed E-state index contributed by atoms with van der Waals surface area (Å²) >= 11 is 0. The van der Waals surface area contributed by atoms with Crippen molar-refractivity contribution in [1.82, 2.24) is 5.32 Å². The first-order valence-corrected chi connectivity index (χ1v) is 6.87. The molecule has 3 atom stereocenters. The SMILES string of the molecule is CC(C)C(C)(CC(=O)O)NC(=O)C1CC1C1CC1. The zero-order chi connectivity index (χ0) is 13.5. The second-order valence-corrected chi connectivity index (χ2v) is 6.48. The molecule has 1 amide bonds. The number of hydrogen-bond donors (Lipinski definition) is 2. The molecule has 0 spiro atoms. The lowest BCUT2D eigenvalue weighted by Gasteiger charge is -2.33. The molecule has 0 bridgehead atoms. The third kappa shape index (κ3) is 2.85. The fraction of sp³-hybridized carbons (Fsp3) is 0.857. The Morgan fingerprint density at radius 1 is 1.39 bits per heavy atom. The lowest BCUT2D eigenvalue weighted by Crippen LogP contribution is -2.52. The quantitative estimate of drug-likeness (QED) is 0.761. The van der Waals surface area contributed by atoms with Crippen LogP contribution in [0.2, 0.25) is 0 Å². The molecular formula is C14H23NO3. The molecule has 4 nitrogen and oxygen atoms in total. The average molecular weight is 253 g/mol. The first-order chi connectivity index (χ1) is 8.33. The Balaban J connectivity index is 1.92. The highest BCUT2D eigenvalue weighted by molar-refractivity contribution is 5.83. The van der Waals surface area contributed by atoms with Gasteiger partial charge in [-0.1, -0.05) is 13.8 Å². The number of carbonyl (C=O) groups is 2. The third-order valence-electron chi connectivity index (χ3n) is 4.61. The Morgan fingerprint density at radius 3 is 2.44 bits per heavy atom. The Kier molecular flexibility index (Phi) is 3.39. The van der Waals surface area contributed by atoms with Crippen molar-refractivity contribution in [2.75, 3.05) is 0 Å². The summed E-state index contributed by atoms with van der Waals surface area (Å²) in [5.41, 5.74) is -0.639. The number of aliphatic carboxylic acids is 1. The maximum Gasteiger partial charge on any atom is 0.305 e. The molecule has 0 aromatic heterocycles. The van der Waals surface area contributed by atoms with E-state index in [9.17, 15) is 9.59 Å². The smallest absolute Gasteiger partial charge is 0.305 e. The minimum absolute atomic E-state index is 0.0166. The van der Waals surface area contributed by atoms with Crippen molar-refractivity contribution >= 4 is 11.9 Å². The van der Waals surface area contributed by atoms with E-state index < -0.39 is 11.5 Å². The number of carboxylic acid groups (broad SMARTS) is 1. The lowest BCUT2D eigenvalue weighted by atomic mass is 9.85. The van der Waals surface area contributed by atoms with Crippen LogP contribution in [0.3, 0.4) is 0 Å². The summed E-state index contributed by atoms with van der Waals surface area (Å²) in [6.07, 6.45) is 3.52. The van der Waals surface area contributed by atoms with E-state index in [1.54, 1.807) is 0 Å². The number of nitrogens with one attached hydrogen (secondary N) is 1. The maximum absolute atomic E-state index is 12.1. The van der Waals surface area contributed by atoms with Crippen LogP contribution in [-0.4, -0.2) is 22.5 Å². The second-order valence-electron chi connectivity index (χ2n) is 6.48. The number of carboxylic acids is 1. The number of carbonyl (C=O) groups excluding carboxylic acids is 1. The zero-order valence-electron chi connectivity index (χ0n) is 11.4. The van der Waals surface area contributed by atoms with Crippen molar-refractivity contribution in [2.45, 2.75) is 52.0 Å². The first-order valence-electron chi connectivity index (χ1n) is 6.87. The molecule has 0 aromatic carbocycles. The minimum Gasteiger partial charge on any atom is -0.481 e. The molecule has 2 aliphatic rings. The molecule has 2 rings (SSSR count). The summed E-state index contributed by atoms with van der Waals surface area (Å²) in [6, 6.07) is 0. The van der Waals surface area contributed by atoms with Gasteiger partial charge in [0.2, 0.25) is 5.91 Å². The summed E-state index contributed by atoms with van der Waals surface area (Å²) in [5.74, 6) is 0.794. The molecule has 0 heterocycles. The van der Waals surface area contributed by atoms with Gasteiger partial charge in [0, 0.05) is 11.5 Å². The highest BCUT2D eigenvalue weighted by atomic mass is 16.4. The molecule has 0 saturated heterocycles. The van der Waals surface area contributed by atoms with Gasteiger partial charge in [0.15, 0.2) is 0 Å². The standard InChI is InChI=1S/C14H23NO3/c1-8(2)14(3,7-12(16)17)15-13(18)11-6-10(11)9-4-5-9/h8-11H,4-7H2,1-3H3,(H,15,18)(H,16,17). The fourth-order valence-electron chi connectivity index (χ4n) is 2.64. The summed E-state index contributed by atoms with van der Waals surface area (Å²) in [7, 11) is 0. The molecule has 2 N–H and O–H groups in total. The van der Waals surface area contributed by atoms with E-state index in [2.05, 4.69) is 5.32 Å². The monoisotopic (exact) mass is 253 g/mol. The van der Waals surface area contributed by atoms with E-state index in [1.165, 1.54) is 12.8 Å². The first kappa shape index (κ1) is 13.4. The highest BCUT2D eigenvalue weighted by Gasteiger charge is 2.52. The Hall–Kier alpha value is -1.06. The lowest BCUT2D eigenvalue weighted by molar-refractivity contribution is -0.139. The van der Waals surface area contributed by atoms with Gasteiger partial charge < -0.3 is 10.4 Å². The molecule has 102 valence electrons. The van der Waals surface area contributed by atoms with E-state index in [1.807, 2.05) is 20.8 Å². The van der Waals surface area contributed by atoms with Crippen LogP contribution in [0.25, 0.3) is 0 Å². The highest BCUT2D eigenvalue weighted by Crippen LogP contribution is 2.54. The van der Waals surface area contributed by atoms with E-state index in [-0.39, 0.29) is 24.2 Å². The van der Waals surface area contributed by atoms with E-state index in [4.69, 9.17) is 5.11 Å². The predicted octanol–water partition coefficient (Wildman–Crippen LogP) is 2.04. The molecule has 0 aliphatic heterocycles. The molecule has 2 saturated carbocycles. The molecular weight excluding hydrogens is 230 g/mol. The summed E-state index contributed by atoms with van der Waals surface area (Å²) in [6.45, 7) is 5.74. The molecule has 4 heteroatoms. The van der Waals surface area contributed by atoms with Gasteiger partial charge in [0.25, 0.3) is 0 Å². The van der Waals surface area contributed by atoms with Crippen LogP contribution in [-0.2, 0) is 9.59 Å². The number of hydrogen-bond acceptors (Lipinski definition) is 2. The number of rotatable bonds is 6. The Labute approximate surface area is 108 Å². The van der Waals surface area contributed by atoms with Gasteiger partial charge in [-0.2, -0.15) is 0 Å². The Bertz CT molecular complexity index is 362. The van der Waals surface area contributed by atoms with Crippen molar-refractivity contribution in [2.24, 2.45) is 23.7 Å². The molecule has 0 aromatic rings. The van der Waals surface area contributed by atoms with Crippen molar-refractivity contribution < 1.29 is 14.7 Å². The predicted molar refractivity (Wildman–Crippen MR) is 68.0 cm³/mol. The minimum atomic E-state index is -0.860. The fourth-order valence-corrected chi connectivity index (χ4v) is 2.64. The molecule has 0 radical (unpaired) electrons. The normalized spacial score (nSPS) is 29.8. The van der Waals surface area contributed by atoms with Gasteiger partial charge in [-0.3, -0.25) is 9.59 Å². The molecule has 2 fully saturated rings. The maximum atomic E-state index is 12.1. The largest absolute Gasteiger partial charge is 0.481 e. The third-order valence-corrected chi connectivity index (χ3v) is 4.61. The van der Waals surface area contributed by atoms with Gasteiger partial charge in [-0.05, 0) is 43.9 Å². The van der Waals surface area contributed by atoms with Crippen LogP contribution in [0.4, 0.5) is 0 Å². The van der Waals surface area contributed by atoms with Gasteiger partial charge in [-0.15, -0.1) is 0 Å². The van der Waals surface area contributed by atoms with Crippen LogP contribution in [0, 0.1) is 23.7 Å². The summed E-state index contributed by atoms with van der Waals surface area (Å²) < 4.78 is 0. The van der Waals surface area contributed by atoms with Crippen LogP contribution < -0.4 is 5.32 Å². The van der Waals surface area contributed by atoms with Gasteiger partial charge in [0.1, 0.15) is 0 Å². The van der Waals surface area contributed by atoms with Gasteiger partial charge in [0.05, 0.1) is 6.42 Å². The zero-order valence-corrected chi connectivity index (χ0v) is 11.4. The topological polar surface area (TPSA) is 66.4 Å². The number of amides is 1. The van der Waals surface area contributed by atoms with Crippen LogP contribution >= 0.6 is 0 Å². The summed E-state index contributed by atoms with van der Waals surface area (Å²) in [4.78, 5) is 23.1. The van der Waals surface area contributed by atoms with Crippen molar-refractivity contribution in [3.8, 4) is 0 Å². The average Bonchev–Trinajstić information content (AvgIpc) is 3.09. The van der Waals surface area contributed by atoms with Crippen LogP contribution in [0.15, 0.2) is 0 Å². The molecule has 18 heavy (non-hydrogen) atoms. The second kappa shape index (κ2) is 4.56. The van der Waals surface area contributed by atoms with Crippen molar-refractivity contribution in [3.63, 3.8) is 0 Å². The van der Waals surface area contributed by atoms with Crippen molar-refractivity contribution in [1.29, 1.82) is 0 Å². The van der Waals surface area contributed by atoms with E-state index in [0.717, 1.165) is 12.3 Å². The molecule has 2 aliphatic carbocycles. The van der Waals surface area contributed by atoms with Gasteiger partial charge >= 0.3 is 5.97 Å². The van der Waals surface area contributed by atoms with Crippen LogP contribution in [0.1, 0.15) is 46.5 Å². The Morgan fingerprint density at radius 2 is 2.00 bits per heavy atom. The summed E-state index contributed by atoms with van der Waals surface area (Å²) in [5, 5.41) is 11.9. The van der Waals surface area contributed by atoms with E-state index >= 15 is 0 Å². The molecule has 3 unspecified atom stereocenters. The van der Waals surface area contributed by atoms with Crippen molar-refractivity contribution in [3.05, 3.63) is 0 Å². The van der Waals surface area contributed by atoms with E-state index in [0.29, 0.717) is 5.92 Å². The van der Waals surface area contributed by atoms with Gasteiger partial charge in [-0.25, -0.2) is 0 Å². The van der Waals surface area contributed by atoms with Crippen LogP contribution in [0.5, 0.6) is 0 Å².